The van der Waals surface area contributed by atoms with E-state index in [-0.39, 0.29) is 6.10 Å². The molecular weight excluding hydrogens is 296 g/mol. The van der Waals surface area contributed by atoms with E-state index in [0.717, 1.165) is 37.0 Å². The Kier molecular flexibility index (Phi) is 3.09. The van der Waals surface area contributed by atoms with Gasteiger partial charge in [-0.3, -0.25) is 4.79 Å². The molecule has 0 saturated heterocycles. The molecule has 5 aliphatic carbocycles. The summed E-state index contributed by atoms with van der Waals surface area (Å²) in [5.74, 6) is 4.78. The van der Waals surface area contributed by atoms with Gasteiger partial charge in [0.25, 0.3) is 0 Å². The first kappa shape index (κ1) is 15.6. The number of aliphatic hydroxyl groups is 1. The molecule has 0 aromatic rings. The Balaban J connectivity index is 1.54. The molecule has 0 radical (unpaired) electrons. The zero-order chi connectivity index (χ0) is 16.9. The molecular formula is C22H32O2. The lowest BCUT2D eigenvalue weighted by molar-refractivity contribution is -0.118. The lowest BCUT2D eigenvalue weighted by Gasteiger charge is -2.58. The number of carbonyl (C=O) groups excluding carboxylic acids is 1. The number of ketones is 1. The Labute approximate surface area is 146 Å². The molecule has 0 heterocycles. The molecule has 4 fully saturated rings. The number of fused-ring (bicyclic) bond motifs is 3. The first-order valence-corrected chi connectivity index (χ1v) is 10.3. The maximum absolute atomic E-state index is 11.9. The minimum absolute atomic E-state index is 0.155. The summed E-state index contributed by atoms with van der Waals surface area (Å²) in [5, 5.41) is 10.4. The standard InChI is InChI=1S/C22H32O2/c1-12-8-14-9-16(24)4-5-17(14)18-6-7-21(3)19(13(2)23)10-15-11-22(15,21)20(12)18/h9,12-13,15,17-20,23H,4-8,10-11H2,1-3H3/t12-,13+,15-,17+,18-,19-,20-,21-,22-/m1/s1. The van der Waals surface area contributed by atoms with Gasteiger partial charge in [0, 0.05) is 6.42 Å². The molecule has 0 aromatic heterocycles. The van der Waals surface area contributed by atoms with Crippen LogP contribution < -0.4 is 0 Å². The van der Waals surface area contributed by atoms with Crippen molar-refractivity contribution < 1.29 is 9.90 Å². The fourth-order valence-electron chi connectivity index (χ4n) is 8.67. The smallest absolute Gasteiger partial charge is 0.155 e. The predicted octanol–water partition coefficient (Wildman–Crippen LogP) is 4.37. The molecule has 0 aliphatic heterocycles. The van der Waals surface area contributed by atoms with E-state index in [1.807, 2.05) is 13.0 Å². The van der Waals surface area contributed by atoms with Crippen LogP contribution in [0.15, 0.2) is 11.6 Å². The van der Waals surface area contributed by atoms with Gasteiger partial charge in [-0.15, -0.1) is 0 Å². The van der Waals surface area contributed by atoms with E-state index in [1.165, 1.54) is 31.3 Å². The van der Waals surface area contributed by atoms with Crippen LogP contribution in [0.1, 0.15) is 65.7 Å². The number of aliphatic hydroxyl groups excluding tert-OH is 1. The van der Waals surface area contributed by atoms with Crippen LogP contribution in [0, 0.1) is 46.3 Å². The van der Waals surface area contributed by atoms with Crippen LogP contribution in [0.2, 0.25) is 0 Å². The van der Waals surface area contributed by atoms with Gasteiger partial charge in [-0.1, -0.05) is 19.4 Å². The highest BCUT2D eigenvalue weighted by Gasteiger charge is 2.78. The Bertz CT molecular complexity index is 619. The molecule has 0 unspecified atom stereocenters. The molecule has 0 amide bonds. The summed E-state index contributed by atoms with van der Waals surface area (Å²) >= 11 is 0. The van der Waals surface area contributed by atoms with Crippen molar-refractivity contribution in [1.29, 1.82) is 0 Å². The minimum atomic E-state index is -0.155. The van der Waals surface area contributed by atoms with Gasteiger partial charge in [0.2, 0.25) is 0 Å². The van der Waals surface area contributed by atoms with Crippen molar-refractivity contribution >= 4 is 5.78 Å². The fourth-order valence-corrected chi connectivity index (χ4v) is 8.67. The maximum Gasteiger partial charge on any atom is 0.155 e. The van der Waals surface area contributed by atoms with Crippen LogP contribution in [-0.4, -0.2) is 17.0 Å². The third-order valence-corrected chi connectivity index (χ3v) is 9.42. The summed E-state index contributed by atoms with van der Waals surface area (Å²) in [6, 6.07) is 0. The second-order valence-corrected chi connectivity index (χ2v) is 10.2. The van der Waals surface area contributed by atoms with E-state index in [1.54, 1.807) is 0 Å². The summed E-state index contributed by atoms with van der Waals surface area (Å²) in [7, 11) is 0. The van der Waals surface area contributed by atoms with Gasteiger partial charge in [-0.05, 0) is 97.9 Å². The van der Waals surface area contributed by atoms with Gasteiger partial charge in [0.1, 0.15) is 0 Å². The first-order valence-electron chi connectivity index (χ1n) is 10.3. The highest BCUT2D eigenvalue weighted by Crippen LogP contribution is 2.84. The normalized spacial score (nSPS) is 56.5. The van der Waals surface area contributed by atoms with Crippen molar-refractivity contribution in [3.05, 3.63) is 11.6 Å². The van der Waals surface area contributed by atoms with Crippen LogP contribution in [-0.2, 0) is 4.79 Å². The number of hydrogen-bond donors (Lipinski definition) is 1. The molecule has 2 heteroatoms. The number of hydrogen-bond acceptors (Lipinski definition) is 2. The number of allylic oxidation sites excluding steroid dienone is 1. The summed E-state index contributed by atoms with van der Waals surface area (Å²) in [6.07, 6.45) is 10.2. The second kappa shape index (κ2) is 4.75. The Morgan fingerprint density at radius 1 is 1.33 bits per heavy atom. The van der Waals surface area contributed by atoms with Crippen molar-refractivity contribution in [2.24, 2.45) is 46.3 Å². The van der Waals surface area contributed by atoms with E-state index in [9.17, 15) is 9.90 Å². The third kappa shape index (κ3) is 1.69. The summed E-state index contributed by atoms with van der Waals surface area (Å²) in [6.45, 7) is 7.01. The zero-order valence-corrected chi connectivity index (χ0v) is 15.4. The van der Waals surface area contributed by atoms with Crippen LogP contribution in [0.3, 0.4) is 0 Å². The molecule has 4 saturated carbocycles. The highest BCUT2D eigenvalue weighted by atomic mass is 16.3. The Morgan fingerprint density at radius 2 is 2.12 bits per heavy atom. The van der Waals surface area contributed by atoms with E-state index < -0.39 is 0 Å². The second-order valence-electron chi connectivity index (χ2n) is 10.2. The third-order valence-electron chi connectivity index (χ3n) is 9.42. The monoisotopic (exact) mass is 328 g/mol. The van der Waals surface area contributed by atoms with Gasteiger partial charge in [0.15, 0.2) is 5.78 Å². The highest BCUT2D eigenvalue weighted by molar-refractivity contribution is 5.91. The van der Waals surface area contributed by atoms with Gasteiger partial charge in [0.05, 0.1) is 6.10 Å². The molecule has 9 atom stereocenters. The maximum atomic E-state index is 11.9. The SMILES string of the molecule is C[C@H](O)[C@H]1C[C@@H]2C[C@]23[C@H]2[C@H](CC[C@]13C)[C@H]1CCC(=O)C=C1C[C@H]2C. The van der Waals surface area contributed by atoms with Crippen molar-refractivity contribution in [1.82, 2.24) is 0 Å². The van der Waals surface area contributed by atoms with Crippen molar-refractivity contribution in [3.8, 4) is 0 Å². The molecule has 24 heavy (non-hydrogen) atoms. The average molecular weight is 328 g/mol. The quantitative estimate of drug-likeness (QED) is 0.776. The summed E-state index contributed by atoms with van der Waals surface area (Å²) in [5.41, 5.74) is 2.36. The average Bonchev–Trinajstić information content (AvgIpc) is 3.16. The molecule has 0 aromatic carbocycles. The van der Waals surface area contributed by atoms with Crippen molar-refractivity contribution in [2.45, 2.75) is 71.8 Å². The van der Waals surface area contributed by atoms with Gasteiger partial charge in [-0.2, -0.15) is 0 Å². The van der Waals surface area contributed by atoms with Crippen LogP contribution in [0.4, 0.5) is 0 Å². The fraction of sp³-hybridized carbons (Fsp3) is 0.864. The number of rotatable bonds is 1. The molecule has 5 aliphatic rings. The van der Waals surface area contributed by atoms with Crippen LogP contribution >= 0.6 is 0 Å². The van der Waals surface area contributed by atoms with E-state index in [4.69, 9.17) is 0 Å². The molecule has 132 valence electrons. The molecule has 1 spiro atoms. The van der Waals surface area contributed by atoms with Gasteiger partial charge < -0.3 is 5.11 Å². The van der Waals surface area contributed by atoms with E-state index in [0.29, 0.717) is 34.4 Å². The topological polar surface area (TPSA) is 37.3 Å². The van der Waals surface area contributed by atoms with Crippen molar-refractivity contribution in [2.75, 3.05) is 0 Å². The summed E-state index contributed by atoms with van der Waals surface area (Å²) in [4.78, 5) is 11.9. The predicted molar refractivity (Wildman–Crippen MR) is 94.2 cm³/mol. The minimum Gasteiger partial charge on any atom is -0.393 e. The molecule has 0 bridgehead atoms. The van der Waals surface area contributed by atoms with Crippen LogP contribution in [0.25, 0.3) is 0 Å². The molecule has 2 nitrogen and oxygen atoms in total. The summed E-state index contributed by atoms with van der Waals surface area (Å²) < 4.78 is 0. The molecule has 1 N–H and O–H groups in total. The molecule has 5 rings (SSSR count). The lowest BCUT2D eigenvalue weighted by Crippen LogP contribution is -2.53. The van der Waals surface area contributed by atoms with Gasteiger partial charge in [-0.25, -0.2) is 0 Å². The largest absolute Gasteiger partial charge is 0.393 e. The van der Waals surface area contributed by atoms with E-state index >= 15 is 0 Å². The van der Waals surface area contributed by atoms with E-state index in [2.05, 4.69) is 13.8 Å². The number of carbonyl (C=O) groups is 1. The zero-order valence-electron chi connectivity index (χ0n) is 15.4. The van der Waals surface area contributed by atoms with Crippen molar-refractivity contribution in [3.63, 3.8) is 0 Å². The van der Waals surface area contributed by atoms with Crippen LogP contribution in [0.5, 0.6) is 0 Å². The Hall–Kier alpha value is -0.630. The first-order chi connectivity index (χ1) is 11.4. The lowest BCUT2D eigenvalue weighted by atomic mass is 9.46. The van der Waals surface area contributed by atoms with Gasteiger partial charge >= 0.3 is 0 Å². The Morgan fingerprint density at radius 3 is 2.88 bits per heavy atom.